The average Bonchev–Trinajstić information content (AvgIpc) is 3.21. The van der Waals surface area contributed by atoms with Crippen LogP contribution < -0.4 is 20.1 Å². The Morgan fingerprint density at radius 3 is 2.69 bits per heavy atom. The second kappa shape index (κ2) is 8.91. The minimum atomic E-state index is -0.644. The molecule has 7 nitrogen and oxygen atoms in total. The number of ether oxygens (including phenoxy) is 2. The molecule has 0 bridgehead atoms. The van der Waals surface area contributed by atoms with Crippen molar-refractivity contribution in [2.45, 2.75) is 24.9 Å². The third-order valence-corrected chi connectivity index (χ3v) is 4.73. The largest absolute Gasteiger partial charge is 0.497 e. The molecule has 0 aliphatic carbocycles. The number of halogens is 1. The van der Waals surface area contributed by atoms with Crippen LogP contribution in [0.1, 0.15) is 18.4 Å². The molecule has 2 N–H and O–H groups in total. The summed E-state index contributed by atoms with van der Waals surface area (Å²) >= 11 is 0. The van der Waals surface area contributed by atoms with E-state index in [1.165, 1.54) is 0 Å². The Kier molecular flexibility index (Phi) is 6.88. The van der Waals surface area contributed by atoms with Crippen LogP contribution in [0.4, 0.5) is 0 Å². The quantitative estimate of drug-likeness (QED) is 0.797. The van der Waals surface area contributed by atoms with Crippen molar-refractivity contribution in [1.29, 1.82) is 0 Å². The standard InChI is InChI=1S/C18H24N4O3.ClH/c1-24-15-5-4-14(16(12-15)25-2)13-20-17(23)18(6-9-19-10-7-18)22-11-3-8-21-22;/h3-5,8,11-12,19H,6-7,9-10,13H2,1-2H3,(H,20,23);1H. The van der Waals surface area contributed by atoms with Crippen LogP contribution in [0.15, 0.2) is 36.7 Å². The van der Waals surface area contributed by atoms with Gasteiger partial charge in [0, 0.05) is 30.6 Å². The highest BCUT2D eigenvalue weighted by molar-refractivity contribution is 5.85. The zero-order valence-electron chi connectivity index (χ0n) is 15.0. The maximum atomic E-state index is 13.0. The third kappa shape index (κ3) is 3.94. The number of carbonyl (C=O) groups is 1. The lowest BCUT2D eigenvalue weighted by molar-refractivity contribution is -0.132. The minimum Gasteiger partial charge on any atom is -0.497 e. The molecular formula is C18H25ClN4O3. The van der Waals surface area contributed by atoms with Crippen LogP contribution in [0.25, 0.3) is 0 Å². The van der Waals surface area contributed by atoms with Gasteiger partial charge in [-0.05, 0) is 44.1 Å². The van der Waals surface area contributed by atoms with Crippen molar-refractivity contribution >= 4 is 18.3 Å². The molecule has 1 aromatic heterocycles. The van der Waals surface area contributed by atoms with Gasteiger partial charge in [0.25, 0.3) is 0 Å². The molecule has 1 aliphatic heterocycles. The molecule has 2 heterocycles. The van der Waals surface area contributed by atoms with Gasteiger partial charge in [0.05, 0.1) is 14.2 Å². The number of rotatable bonds is 6. The maximum Gasteiger partial charge on any atom is 0.248 e. The lowest BCUT2D eigenvalue weighted by Crippen LogP contribution is -2.54. The Labute approximate surface area is 159 Å². The Hall–Kier alpha value is -2.25. The number of methoxy groups -OCH3 is 2. The summed E-state index contributed by atoms with van der Waals surface area (Å²) in [7, 11) is 3.22. The zero-order valence-corrected chi connectivity index (χ0v) is 15.8. The van der Waals surface area contributed by atoms with Crippen LogP contribution in [0.2, 0.25) is 0 Å². The predicted molar refractivity (Wildman–Crippen MR) is 101 cm³/mol. The van der Waals surface area contributed by atoms with Gasteiger partial charge >= 0.3 is 0 Å². The van der Waals surface area contributed by atoms with E-state index in [1.807, 2.05) is 30.5 Å². The fourth-order valence-corrected chi connectivity index (χ4v) is 3.26. The van der Waals surface area contributed by atoms with Gasteiger partial charge in [-0.3, -0.25) is 9.48 Å². The van der Waals surface area contributed by atoms with Crippen molar-refractivity contribution in [3.8, 4) is 11.5 Å². The molecule has 1 aliphatic rings. The van der Waals surface area contributed by atoms with Gasteiger partial charge in [-0.1, -0.05) is 0 Å². The first-order valence-corrected chi connectivity index (χ1v) is 8.39. The number of piperidine rings is 1. The van der Waals surface area contributed by atoms with Crippen molar-refractivity contribution in [2.24, 2.45) is 0 Å². The average molecular weight is 381 g/mol. The molecule has 1 amide bonds. The van der Waals surface area contributed by atoms with E-state index in [4.69, 9.17) is 9.47 Å². The number of benzene rings is 1. The number of nitrogens with one attached hydrogen (secondary N) is 2. The van der Waals surface area contributed by atoms with Crippen molar-refractivity contribution in [3.05, 3.63) is 42.2 Å². The number of carbonyl (C=O) groups excluding carboxylic acids is 1. The molecule has 1 fully saturated rings. The molecule has 8 heteroatoms. The monoisotopic (exact) mass is 380 g/mol. The highest BCUT2D eigenvalue weighted by Gasteiger charge is 2.41. The molecule has 26 heavy (non-hydrogen) atoms. The molecule has 1 aromatic carbocycles. The summed E-state index contributed by atoms with van der Waals surface area (Å²) in [6.07, 6.45) is 4.99. The summed E-state index contributed by atoms with van der Waals surface area (Å²) < 4.78 is 12.4. The van der Waals surface area contributed by atoms with E-state index in [0.717, 1.165) is 24.4 Å². The van der Waals surface area contributed by atoms with Gasteiger partial charge in [-0.15, -0.1) is 12.4 Å². The van der Waals surface area contributed by atoms with Crippen molar-refractivity contribution < 1.29 is 14.3 Å². The molecule has 0 atom stereocenters. The van der Waals surface area contributed by atoms with E-state index in [2.05, 4.69) is 15.7 Å². The number of nitrogens with zero attached hydrogens (tertiary/aromatic N) is 2. The molecular weight excluding hydrogens is 356 g/mol. The SMILES string of the molecule is COc1ccc(CNC(=O)C2(n3cccn3)CCNCC2)c(OC)c1.Cl. The highest BCUT2D eigenvalue weighted by Crippen LogP contribution is 2.28. The van der Waals surface area contributed by atoms with E-state index >= 15 is 0 Å². The summed E-state index contributed by atoms with van der Waals surface area (Å²) in [6.45, 7) is 1.97. The van der Waals surface area contributed by atoms with Crippen molar-refractivity contribution in [2.75, 3.05) is 27.3 Å². The molecule has 0 unspecified atom stereocenters. The summed E-state index contributed by atoms with van der Waals surface area (Å²) in [5.74, 6) is 1.40. The smallest absolute Gasteiger partial charge is 0.248 e. The van der Waals surface area contributed by atoms with E-state index < -0.39 is 5.54 Å². The van der Waals surface area contributed by atoms with Gasteiger partial charge in [0.2, 0.25) is 5.91 Å². The van der Waals surface area contributed by atoms with Crippen LogP contribution in [-0.4, -0.2) is 43.0 Å². The second-order valence-corrected chi connectivity index (χ2v) is 6.09. The van der Waals surface area contributed by atoms with Crippen LogP contribution >= 0.6 is 12.4 Å². The van der Waals surface area contributed by atoms with E-state index in [0.29, 0.717) is 25.1 Å². The maximum absolute atomic E-state index is 13.0. The minimum absolute atomic E-state index is 0. The Morgan fingerprint density at radius 2 is 2.08 bits per heavy atom. The molecule has 142 valence electrons. The van der Waals surface area contributed by atoms with E-state index in [9.17, 15) is 4.79 Å². The van der Waals surface area contributed by atoms with Gasteiger partial charge in [-0.2, -0.15) is 5.10 Å². The van der Waals surface area contributed by atoms with E-state index in [1.54, 1.807) is 25.1 Å². The number of amides is 1. The van der Waals surface area contributed by atoms with Gasteiger partial charge in [0.15, 0.2) is 0 Å². The molecule has 1 saturated heterocycles. The summed E-state index contributed by atoms with van der Waals surface area (Å²) in [5.41, 5.74) is 0.259. The lowest BCUT2D eigenvalue weighted by atomic mass is 9.87. The molecule has 0 saturated carbocycles. The Morgan fingerprint density at radius 1 is 1.31 bits per heavy atom. The number of aromatic nitrogens is 2. The third-order valence-electron chi connectivity index (χ3n) is 4.73. The first-order valence-electron chi connectivity index (χ1n) is 8.39. The second-order valence-electron chi connectivity index (χ2n) is 6.09. The number of hydrogen-bond acceptors (Lipinski definition) is 5. The van der Waals surface area contributed by atoms with Gasteiger partial charge < -0.3 is 20.1 Å². The van der Waals surface area contributed by atoms with Gasteiger partial charge in [0.1, 0.15) is 17.0 Å². The fraction of sp³-hybridized carbons (Fsp3) is 0.444. The fourth-order valence-electron chi connectivity index (χ4n) is 3.26. The number of hydrogen-bond donors (Lipinski definition) is 2. The van der Waals surface area contributed by atoms with Crippen LogP contribution in [0.5, 0.6) is 11.5 Å². The Balaban J connectivity index is 0.00000243. The summed E-state index contributed by atoms with van der Waals surface area (Å²) in [4.78, 5) is 13.0. The van der Waals surface area contributed by atoms with Crippen LogP contribution in [0.3, 0.4) is 0 Å². The highest BCUT2D eigenvalue weighted by atomic mass is 35.5. The predicted octanol–water partition coefficient (Wildman–Crippen LogP) is 1.72. The molecule has 0 spiro atoms. The summed E-state index contributed by atoms with van der Waals surface area (Å²) in [6, 6.07) is 7.43. The van der Waals surface area contributed by atoms with Crippen molar-refractivity contribution in [3.63, 3.8) is 0 Å². The normalized spacial score (nSPS) is 15.6. The van der Waals surface area contributed by atoms with Crippen molar-refractivity contribution in [1.82, 2.24) is 20.4 Å². The Bertz CT molecular complexity index is 715. The molecule has 0 radical (unpaired) electrons. The van der Waals surface area contributed by atoms with Crippen LogP contribution in [0, 0.1) is 0 Å². The molecule has 3 rings (SSSR count). The van der Waals surface area contributed by atoms with E-state index in [-0.39, 0.29) is 18.3 Å². The first-order chi connectivity index (χ1) is 12.2. The van der Waals surface area contributed by atoms with Crippen LogP contribution in [-0.2, 0) is 16.9 Å². The summed E-state index contributed by atoms with van der Waals surface area (Å²) in [5, 5.41) is 10.7. The topological polar surface area (TPSA) is 77.4 Å². The lowest BCUT2D eigenvalue weighted by Gasteiger charge is -2.36. The zero-order chi connectivity index (χ0) is 17.7. The van der Waals surface area contributed by atoms with Gasteiger partial charge in [-0.25, -0.2) is 0 Å². The molecule has 2 aromatic rings. The first kappa shape index (κ1) is 20.1.